The number of ether oxygens (including phenoxy) is 1. The second kappa shape index (κ2) is 7.28. The molecule has 0 aromatic heterocycles. The van der Waals surface area contributed by atoms with Crippen molar-refractivity contribution in [3.8, 4) is 5.75 Å². The van der Waals surface area contributed by atoms with Crippen molar-refractivity contribution >= 4 is 11.6 Å². The topological polar surface area (TPSA) is 64.3 Å². The van der Waals surface area contributed by atoms with Crippen molar-refractivity contribution in [2.75, 3.05) is 18.9 Å². The molecule has 0 bridgehead atoms. The largest absolute Gasteiger partial charge is 0.482 e. The Kier molecular flexibility index (Phi) is 5.15. The van der Waals surface area contributed by atoms with E-state index in [1.54, 1.807) is 42.5 Å². The summed E-state index contributed by atoms with van der Waals surface area (Å²) >= 11 is 0. The summed E-state index contributed by atoms with van der Waals surface area (Å²) in [4.78, 5) is 11.6. The lowest BCUT2D eigenvalue weighted by molar-refractivity contribution is -0.123. The maximum absolute atomic E-state index is 13.4. The Morgan fingerprint density at radius 2 is 1.86 bits per heavy atom. The van der Waals surface area contributed by atoms with Gasteiger partial charge >= 0.3 is 0 Å². The maximum Gasteiger partial charge on any atom is 0.257 e. The molecular weight excluding hydrogens is 271 g/mol. The smallest absolute Gasteiger partial charge is 0.257 e. The summed E-state index contributed by atoms with van der Waals surface area (Å²) in [5.74, 6) is -0.0589. The number of hydrogen-bond acceptors (Lipinski definition) is 3. The Hall–Kier alpha value is -2.56. The summed E-state index contributed by atoms with van der Waals surface area (Å²) in [6.45, 7) is 0.235. The molecule has 2 rings (SSSR count). The van der Waals surface area contributed by atoms with Crippen LogP contribution in [0.4, 0.5) is 10.1 Å². The van der Waals surface area contributed by atoms with E-state index in [9.17, 15) is 9.18 Å². The van der Waals surface area contributed by atoms with Crippen LogP contribution in [0.3, 0.4) is 0 Å². The van der Waals surface area contributed by atoms with Crippen LogP contribution in [-0.4, -0.2) is 19.1 Å². The van der Waals surface area contributed by atoms with Gasteiger partial charge in [-0.15, -0.1) is 0 Å². The first kappa shape index (κ1) is 14.8. The maximum atomic E-state index is 13.4. The summed E-state index contributed by atoms with van der Waals surface area (Å²) in [7, 11) is 0. The van der Waals surface area contributed by atoms with Crippen molar-refractivity contribution in [3.63, 3.8) is 0 Å². The second-order valence-electron chi connectivity index (χ2n) is 4.52. The highest BCUT2D eigenvalue weighted by Crippen LogP contribution is 2.19. The number of carbonyl (C=O) groups is 1. The van der Waals surface area contributed by atoms with Gasteiger partial charge < -0.3 is 15.8 Å². The van der Waals surface area contributed by atoms with Crippen LogP contribution in [0.25, 0.3) is 0 Å². The minimum Gasteiger partial charge on any atom is -0.482 e. The van der Waals surface area contributed by atoms with Gasteiger partial charge in [-0.05, 0) is 30.2 Å². The molecule has 0 aliphatic heterocycles. The van der Waals surface area contributed by atoms with Crippen molar-refractivity contribution in [2.24, 2.45) is 0 Å². The van der Waals surface area contributed by atoms with Gasteiger partial charge in [0.25, 0.3) is 5.91 Å². The molecule has 0 unspecified atom stereocenters. The van der Waals surface area contributed by atoms with Crippen molar-refractivity contribution < 1.29 is 13.9 Å². The van der Waals surface area contributed by atoms with Crippen LogP contribution >= 0.6 is 0 Å². The number of nitrogen functional groups attached to an aromatic ring is 1. The van der Waals surface area contributed by atoms with E-state index in [2.05, 4.69) is 5.32 Å². The summed E-state index contributed by atoms with van der Waals surface area (Å²) in [6, 6.07) is 13.5. The Morgan fingerprint density at radius 3 is 2.62 bits per heavy atom. The number of rotatable bonds is 6. The van der Waals surface area contributed by atoms with Gasteiger partial charge in [-0.25, -0.2) is 4.39 Å². The molecule has 0 heterocycles. The lowest BCUT2D eigenvalue weighted by atomic mass is 10.1. The Morgan fingerprint density at radius 1 is 1.14 bits per heavy atom. The van der Waals surface area contributed by atoms with E-state index in [-0.39, 0.29) is 18.3 Å². The molecule has 0 fully saturated rings. The molecule has 5 heteroatoms. The zero-order chi connectivity index (χ0) is 15.1. The van der Waals surface area contributed by atoms with Crippen molar-refractivity contribution in [1.82, 2.24) is 5.32 Å². The minimum absolute atomic E-state index is 0.120. The van der Waals surface area contributed by atoms with Crippen LogP contribution in [0.15, 0.2) is 48.5 Å². The highest BCUT2D eigenvalue weighted by molar-refractivity contribution is 5.77. The number of hydrogen-bond donors (Lipinski definition) is 2. The Balaban J connectivity index is 1.73. The predicted octanol–water partition coefficient (Wildman–Crippen LogP) is 2.15. The molecule has 0 saturated heterocycles. The Labute approximate surface area is 122 Å². The standard InChI is InChI=1S/C16H17FN2O2/c17-13-6-2-1-5-12(13)9-10-19-16(20)11-21-15-8-4-3-7-14(15)18/h1-8H,9-11,18H2,(H,19,20). The normalized spacial score (nSPS) is 10.1. The van der Waals surface area contributed by atoms with Crippen molar-refractivity contribution in [3.05, 3.63) is 59.9 Å². The molecule has 0 aliphatic rings. The molecule has 0 radical (unpaired) electrons. The molecule has 0 aliphatic carbocycles. The first-order valence-electron chi connectivity index (χ1n) is 6.64. The van der Waals surface area contributed by atoms with Crippen LogP contribution < -0.4 is 15.8 Å². The quantitative estimate of drug-likeness (QED) is 0.800. The molecule has 2 aromatic carbocycles. The minimum atomic E-state index is -0.269. The van der Waals surface area contributed by atoms with Gasteiger partial charge in [0.15, 0.2) is 6.61 Å². The monoisotopic (exact) mass is 288 g/mol. The van der Waals surface area contributed by atoms with E-state index in [0.29, 0.717) is 30.0 Å². The number of nitrogens with one attached hydrogen (secondary N) is 1. The SMILES string of the molecule is Nc1ccccc1OCC(=O)NCCc1ccccc1F. The van der Waals surface area contributed by atoms with Crippen molar-refractivity contribution in [2.45, 2.75) is 6.42 Å². The number of nitrogens with two attached hydrogens (primary N) is 1. The molecule has 0 spiro atoms. The number of carbonyl (C=O) groups excluding carboxylic acids is 1. The second-order valence-corrected chi connectivity index (χ2v) is 4.52. The van der Waals surface area contributed by atoms with Gasteiger partial charge in [-0.3, -0.25) is 4.79 Å². The first-order chi connectivity index (χ1) is 10.2. The highest BCUT2D eigenvalue weighted by Gasteiger charge is 2.05. The lowest BCUT2D eigenvalue weighted by Crippen LogP contribution is -2.30. The van der Waals surface area contributed by atoms with E-state index >= 15 is 0 Å². The summed E-state index contributed by atoms with van der Waals surface area (Å²) in [6.07, 6.45) is 0.436. The zero-order valence-electron chi connectivity index (χ0n) is 11.5. The van der Waals surface area contributed by atoms with Crippen LogP contribution in [0.5, 0.6) is 5.75 Å². The third kappa shape index (κ3) is 4.49. The van der Waals surface area contributed by atoms with Crippen molar-refractivity contribution in [1.29, 1.82) is 0 Å². The fourth-order valence-electron chi connectivity index (χ4n) is 1.84. The molecule has 0 atom stereocenters. The van der Waals surface area contributed by atoms with E-state index in [4.69, 9.17) is 10.5 Å². The van der Waals surface area contributed by atoms with E-state index in [0.717, 1.165) is 0 Å². The fraction of sp³-hybridized carbons (Fsp3) is 0.188. The summed E-state index contributed by atoms with van der Waals surface area (Å²) in [5, 5.41) is 2.68. The van der Waals surface area contributed by atoms with Gasteiger partial charge in [-0.1, -0.05) is 30.3 Å². The molecule has 21 heavy (non-hydrogen) atoms. The van der Waals surface area contributed by atoms with Crippen LogP contribution in [0.1, 0.15) is 5.56 Å². The van der Waals surface area contributed by atoms with E-state index < -0.39 is 0 Å². The fourth-order valence-corrected chi connectivity index (χ4v) is 1.84. The van der Waals surface area contributed by atoms with E-state index in [1.165, 1.54) is 6.07 Å². The predicted molar refractivity (Wildman–Crippen MR) is 79.5 cm³/mol. The van der Waals surface area contributed by atoms with Crippen LogP contribution in [0.2, 0.25) is 0 Å². The van der Waals surface area contributed by atoms with Gasteiger partial charge in [-0.2, -0.15) is 0 Å². The van der Waals surface area contributed by atoms with Crippen LogP contribution in [-0.2, 0) is 11.2 Å². The zero-order valence-corrected chi connectivity index (χ0v) is 11.5. The van der Waals surface area contributed by atoms with Gasteiger partial charge in [0, 0.05) is 6.54 Å². The average Bonchev–Trinajstić information content (AvgIpc) is 2.48. The number of benzene rings is 2. The molecule has 110 valence electrons. The first-order valence-corrected chi connectivity index (χ1v) is 6.64. The molecular formula is C16H17FN2O2. The summed E-state index contributed by atoms with van der Waals surface area (Å²) < 4.78 is 18.7. The number of para-hydroxylation sites is 2. The molecule has 2 aromatic rings. The third-order valence-electron chi connectivity index (χ3n) is 2.95. The number of anilines is 1. The van der Waals surface area contributed by atoms with Crippen LogP contribution in [0, 0.1) is 5.82 Å². The molecule has 3 N–H and O–H groups in total. The average molecular weight is 288 g/mol. The third-order valence-corrected chi connectivity index (χ3v) is 2.95. The van der Waals surface area contributed by atoms with E-state index in [1.807, 2.05) is 0 Å². The molecule has 4 nitrogen and oxygen atoms in total. The van der Waals surface area contributed by atoms with Gasteiger partial charge in [0.1, 0.15) is 11.6 Å². The number of amides is 1. The lowest BCUT2D eigenvalue weighted by Gasteiger charge is -2.09. The summed E-state index contributed by atoms with van der Waals surface area (Å²) in [5.41, 5.74) is 6.76. The molecule has 0 saturated carbocycles. The Bertz CT molecular complexity index is 617. The highest BCUT2D eigenvalue weighted by atomic mass is 19.1. The molecule has 1 amide bonds. The number of halogens is 1. The van der Waals surface area contributed by atoms with Gasteiger partial charge in [0.2, 0.25) is 0 Å². The van der Waals surface area contributed by atoms with Gasteiger partial charge in [0.05, 0.1) is 5.69 Å².